The van der Waals surface area contributed by atoms with Crippen molar-refractivity contribution in [2.24, 2.45) is 0 Å². The average molecular weight is 678 g/mol. The maximum Gasteiger partial charge on any atom is 0.387 e. The number of aromatic amines is 1. The molecule has 6 atom stereocenters. The number of rotatable bonds is 2. The Morgan fingerprint density at radius 1 is 1.29 bits per heavy atom. The van der Waals surface area contributed by atoms with Gasteiger partial charge < -0.3 is 24.4 Å². The summed E-state index contributed by atoms with van der Waals surface area (Å²) in [5.41, 5.74) is 8.39. The number of aromatic nitrogens is 6. The summed E-state index contributed by atoms with van der Waals surface area (Å²) in [5.74, 6) is -0.221. The summed E-state index contributed by atoms with van der Waals surface area (Å²) in [6.07, 6.45) is -1.68. The molecule has 0 saturated carbocycles. The van der Waals surface area contributed by atoms with Gasteiger partial charge in [0, 0.05) is 18.0 Å². The van der Waals surface area contributed by atoms with Crippen LogP contribution in [-0.4, -0.2) is 66.0 Å². The number of H-pyrrole nitrogens is 1. The first-order valence-corrected chi connectivity index (χ1v) is 18.3. The van der Waals surface area contributed by atoms with Crippen LogP contribution in [0.25, 0.3) is 21.6 Å². The van der Waals surface area contributed by atoms with Crippen LogP contribution < -0.4 is 11.3 Å². The van der Waals surface area contributed by atoms with E-state index in [0.29, 0.717) is 11.3 Å². The van der Waals surface area contributed by atoms with Crippen molar-refractivity contribution in [3.8, 4) is 10.4 Å². The van der Waals surface area contributed by atoms with E-state index in [-0.39, 0.29) is 36.7 Å². The lowest BCUT2D eigenvalue weighted by Gasteiger charge is -2.24. The number of nitrogen functional groups attached to an aromatic ring is 1. The lowest BCUT2D eigenvalue weighted by Crippen LogP contribution is -2.32. The maximum atomic E-state index is 15.8. The fraction of sp³-hybridized carbons (Fsp3) is 0.381. The van der Waals surface area contributed by atoms with Crippen LogP contribution in [0, 0.1) is 0 Å². The number of alkyl halides is 1. The van der Waals surface area contributed by atoms with Gasteiger partial charge in [0.15, 0.2) is 23.6 Å². The molecule has 2 bridgehead atoms. The lowest BCUT2D eigenvalue weighted by atomic mass is 10.1. The Kier molecular flexibility index (Phi) is 8.36. The van der Waals surface area contributed by atoms with Gasteiger partial charge in [-0.25, -0.2) is 13.9 Å². The first-order chi connectivity index (χ1) is 20.0. The molecule has 224 valence electrons. The summed E-state index contributed by atoms with van der Waals surface area (Å²) >= 11 is 10.6. The van der Waals surface area contributed by atoms with E-state index in [0.717, 1.165) is 10.4 Å². The fourth-order valence-electron chi connectivity index (χ4n) is 4.48. The van der Waals surface area contributed by atoms with Gasteiger partial charge in [-0.2, -0.15) is 4.98 Å². The van der Waals surface area contributed by atoms with Crippen molar-refractivity contribution in [1.29, 1.82) is 0 Å². The standard InChI is InChI=1S/C21H22FN7O8P2S3/c22-15-13-7-35-38(31,40)33-2-1-10-3-11(14-5-24-9-42-14)4-25-12(10)6-34-39(32,41)37-17(15)20(36-13)29-8-26-16-18(29)27-21(23)28-19(16)30/h3-5,8-9,13,15,17,20H,1-2,6-7H2,(H,31,40)(H,32,41)(H3,23,27,28,30)/t13-,15-,17-,20-,38?,39?/m1/s1. The second kappa shape index (κ2) is 11.7. The van der Waals surface area contributed by atoms with Crippen LogP contribution >= 0.6 is 37.1 Å². The molecule has 0 spiro atoms. The van der Waals surface area contributed by atoms with Crippen molar-refractivity contribution in [3.63, 3.8) is 0 Å². The van der Waals surface area contributed by atoms with Gasteiger partial charge in [-0.05, 0) is 29.9 Å². The molecule has 21 heteroatoms. The number of nitrogens with one attached hydrogen (secondary N) is 1. The normalized spacial score (nSPS) is 30.9. The van der Waals surface area contributed by atoms with Crippen molar-refractivity contribution in [2.45, 2.75) is 37.6 Å². The molecule has 1 saturated heterocycles. The first-order valence-electron chi connectivity index (χ1n) is 12.2. The Hall–Kier alpha value is -2.15. The Labute approximate surface area is 250 Å². The van der Waals surface area contributed by atoms with E-state index in [1.54, 1.807) is 17.9 Å². The van der Waals surface area contributed by atoms with Crippen LogP contribution in [0.3, 0.4) is 0 Å². The summed E-state index contributed by atoms with van der Waals surface area (Å²) < 4.78 is 58.4. The van der Waals surface area contributed by atoms with Crippen LogP contribution in [0.4, 0.5) is 10.3 Å². The number of hydrogen-bond donors (Lipinski definition) is 4. The fourth-order valence-corrected chi connectivity index (χ4v) is 7.59. The lowest BCUT2D eigenvalue weighted by molar-refractivity contribution is -0.0452. The van der Waals surface area contributed by atoms with Crippen molar-refractivity contribution in [1.82, 2.24) is 29.5 Å². The monoisotopic (exact) mass is 677 g/mol. The summed E-state index contributed by atoms with van der Waals surface area (Å²) in [6, 6.07) is 1.83. The Morgan fingerprint density at radius 3 is 2.90 bits per heavy atom. The van der Waals surface area contributed by atoms with E-state index in [1.165, 1.54) is 22.2 Å². The number of pyridine rings is 1. The summed E-state index contributed by atoms with van der Waals surface area (Å²) in [4.78, 5) is 42.7. The molecule has 6 rings (SSSR count). The number of anilines is 1. The predicted octanol–water partition coefficient (Wildman–Crippen LogP) is 2.90. The molecule has 15 nitrogen and oxygen atoms in total. The zero-order valence-corrected chi connectivity index (χ0v) is 25.5. The molecule has 4 N–H and O–H groups in total. The predicted molar refractivity (Wildman–Crippen MR) is 155 cm³/mol. The Bertz CT molecular complexity index is 1780. The molecule has 4 aromatic heterocycles. The third-order valence-corrected chi connectivity index (χ3v) is 10.4. The average Bonchev–Trinajstić information content (AvgIpc) is 3.67. The van der Waals surface area contributed by atoms with Gasteiger partial charge in [-0.3, -0.25) is 33.4 Å². The number of hydrogen-bond acceptors (Lipinski definition) is 14. The number of thiol groups is 1. The summed E-state index contributed by atoms with van der Waals surface area (Å²) in [6.45, 7) is -9.04. The van der Waals surface area contributed by atoms with Gasteiger partial charge in [0.25, 0.3) is 5.56 Å². The quantitative estimate of drug-likeness (QED) is 0.178. The molecule has 0 radical (unpaired) electrons. The van der Waals surface area contributed by atoms with E-state index in [4.69, 9.17) is 40.4 Å². The van der Waals surface area contributed by atoms with E-state index in [1.807, 2.05) is 6.07 Å². The molecule has 2 unspecified atom stereocenters. The van der Waals surface area contributed by atoms with Crippen molar-refractivity contribution < 1.29 is 36.7 Å². The highest BCUT2D eigenvalue weighted by atomic mass is 32.7. The van der Waals surface area contributed by atoms with Crippen LogP contribution in [0.2, 0.25) is 0 Å². The van der Waals surface area contributed by atoms with Crippen molar-refractivity contribution >= 4 is 66.0 Å². The van der Waals surface area contributed by atoms with Gasteiger partial charge in [-0.15, -0.1) is 11.3 Å². The highest BCUT2D eigenvalue weighted by Gasteiger charge is 2.51. The maximum absolute atomic E-state index is 15.8. The number of nitrogens with two attached hydrogens (primary N) is 1. The molecule has 6 heterocycles. The number of halogens is 1. The van der Waals surface area contributed by atoms with Gasteiger partial charge in [0.2, 0.25) is 5.95 Å². The topological polar surface area (TPSA) is 199 Å². The minimum Gasteiger partial charge on any atom is -0.369 e. The molecule has 2 aliphatic heterocycles. The highest BCUT2D eigenvalue weighted by molar-refractivity contribution is 8.44. The molecule has 4 aromatic rings. The Morgan fingerprint density at radius 2 is 2.12 bits per heavy atom. The van der Waals surface area contributed by atoms with Gasteiger partial charge >= 0.3 is 13.5 Å². The largest absolute Gasteiger partial charge is 0.387 e. The molecular weight excluding hydrogens is 655 g/mol. The third-order valence-electron chi connectivity index (χ3n) is 6.41. The first kappa shape index (κ1) is 29.9. The van der Waals surface area contributed by atoms with Crippen LogP contribution in [-0.2, 0) is 52.2 Å². The van der Waals surface area contributed by atoms with Gasteiger partial charge in [0.1, 0.15) is 12.2 Å². The van der Waals surface area contributed by atoms with Crippen LogP contribution in [0.15, 0.2) is 35.1 Å². The number of nitrogens with zero attached hydrogens (tertiary/aromatic N) is 5. The molecule has 2 aliphatic rings. The summed E-state index contributed by atoms with van der Waals surface area (Å²) in [7, 11) is 0. The van der Waals surface area contributed by atoms with E-state index in [2.05, 4.69) is 37.2 Å². The van der Waals surface area contributed by atoms with Crippen LogP contribution in [0.5, 0.6) is 0 Å². The van der Waals surface area contributed by atoms with Crippen molar-refractivity contribution in [2.75, 3.05) is 18.9 Å². The molecule has 1 fully saturated rings. The van der Waals surface area contributed by atoms with E-state index in [9.17, 15) is 14.3 Å². The SMILES string of the molecule is Nc1nc2c(ncn2[C@@H]2O[C@@H]3COP(O)(=S)OCCc4cc(-c5cncs5)cnc4COP(=O)(S)O[C@@H]2[C@@H]3F)c(=O)[nH]1. The van der Waals surface area contributed by atoms with Gasteiger partial charge in [0.05, 0.1) is 42.2 Å². The minimum atomic E-state index is -4.27. The van der Waals surface area contributed by atoms with Crippen LogP contribution in [0.1, 0.15) is 17.5 Å². The Balaban J connectivity index is 1.35. The molecular formula is C21H22FN7O8P2S3. The molecule has 0 amide bonds. The van der Waals surface area contributed by atoms with Gasteiger partial charge in [-0.1, -0.05) is 12.2 Å². The van der Waals surface area contributed by atoms with E-state index >= 15 is 4.39 Å². The zero-order chi connectivity index (χ0) is 29.6. The van der Waals surface area contributed by atoms with Crippen molar-refractivity contribution in [3.05, 3.63) is 51.9 Å². The molecule has 42 heavy (non-hydrogen) atoms. The smallest absolute Gasteiger partial charge is 0.369 e. The second-order valence-corrected chi connectivity index (χ2v) is 15.7. The zero-order valence-electron chi connectivity index (χ0n) is 21.2. The number of ether oxygens (including phenoxy) is 1. The second-order valence-electron chi connectivity index (χ2n) is 9.14. The molecule has 0 aliphatic carbocycles. The number of fused-ring (bicyclic) bond motifs is 4. The molecule has 0 aromatic carbocycles. The van der Waals surface area contributed by atoms with E-state index < -0.39 is 50.3 Å². The number of imidazole rings is 1. The number of thiazole rings is 1. The highest BCUT2D eigenvalue weighted by Crippen LogP contribution is 2.58. The minimum absolute atomic E-state index is 0.0431. The summed E-state index contributed by atoms with van der Waals surface area (Å²) in [5, 5.41) is 0. The third kappa shape index (κ3) is 6.23.